The van der Waals surface area contributed by atoms with Crippen molar-refractivity contribution in [1.29, 1.82) is 0 Å². The monoisotopic (exact) mass is 289 g/mol. The lowest BCUT2D eigenvalue weighted by molar-refractivity contribution is -0.117. The minimum atomic E-state index is 0.0169. The smallest absolute Gasteiger partial charge is 0.244 e. The van der Waals surface area contributed by atoms with Gasteiger partial charge < -0.3 is 5.32 Å². The van der Waals surface area contributed by atoms with E-state index in [1.807, 2.05) is 31.7 Å². The Bertz CT molecular complexity index is 508. The van der Waals surface area contributed by atoms with Crippen LogP contribution in [0.2, 0.25) is 0 Å². The molecule has 0 spiro atoms. The molecule has 4 nitrogen and oxygen atoms in total. The number of hydrogen-bond acceptors (Lipinski definition) is 2. The Labute approximate surface area is 127 Å². The van der Waals surface area contributed by atoms with Crippen molar-refractivity contribution >= 4 is 12.0 Å². The predicted octanol–water partition coefficient (Wildman–Crippen LogP) is 3.28. The SMILES string of the molecule is Cc1nn(C)c(C)c1/C=C/C(=O)NC1CCCCCCC1. The zero-order valence-electron chi connectivity index (χ0n) is 13.5. The maximum Gasteiger partial charge on any atom is 0.244 e. The van der Waals surface area contributed by atoms with Gasteiger partial charge in [0.05, 0.1) is 5.69 Å². The van der Waals surface area contributed by atoms with E-state index in [0.29, 0.717) is 6.04 Å². The third-order valence-electron chi connectivity index (χ3n) is 4.42. The Morgan fingerprint density at radius 2 is 1.81 bits per heavy atom. The van der Waals surface area contributed by atoms with Crippen LogP contribution < -0.4 is 5.32 Å². The van der Waals surface area contributed by atoms with Crippen LogP contribution in [0.15, 0.2) is 6.08 Å². The van der Waals surface area contributed by atoms with Gasteiger partial charge in [0.1, 0.15) is 0 Å². The summed E-state index contributed by atoms with van der Waals surface area (Å²) in [5.41, 5.74) is 3.10. The molecule has 2 rings (SSSR count). The van der Waals surface area contributed by atoms with Crippen molar-refractivity contribution in [3.05, 3.63) is 23.0 Å². The average Bonchev–Trinajstić information content (AvgIpc) is 2.64. The van der Waals surface area contributed by atoms with Gasteiger partial charge in [0.25, 0.3) is 0 Å². The van der Waals surface area contributed by atoms with E-state index >= 15 is 0 Å². The standard InChI is InChI=1S/C17H27N3O/c1-13-16(14(2)20(3)19-13)11-12-17(21)18-15-9-7-5-4-6-8-10-15/h11-12,15H,4-10H2,1-3H3,(H,18,21)/b12-11+. The summed E-state index contributed by atoms with van der Waals surface area (Å²) in [5.74, 6) is 0.0169. The molecule has 1 aromatic rings. The molecule has 4 heteroatoms. The third kappa shape index (κ3) is 4.45. The van der Waals surface area contributed by atoms with Crippen LogP contribution in [-0.2, 0) is 11.8 Å². The molecule has 0 radical (unpaired) electrons. The molecule has 0 aliphatic heterocycles. The number of aromatic nitrogens is 2. The summed E-state index contributed by atoms with van der Waals surface area (Å²) in [5, 5.41) is 7.51. The summed E-state index contributed by atoms with van der Waals surface area (Å²) in [4.78, 5) is 12.1. The lowest BCUT2D eigenvalue weighted by Crippen LogP contribution is -2.34. The molecule has 1 N–H and O–H groups in total. The zero-order valence-corrected chi connectivity index (χ0v) is 13.5. The minimum Gasteiger partial charge on any atom is -0.350 e. The van der Waals surface area contributed by atoms with Crippen molar-refractivity contribution in [2.45, 2.75) is 64.8 Å². The lowest BCUT2D eigenvalue weighted by Gasteiger charge is -2.20. The van der Waals surface area contributed by atoms with E-state index in [2.05, 4.69) is 10.4 Å². The van der Waals surface area contributed by atoms with E-state index in [4.69, 9.17) is 0 Å². The number of amides is 1. The summed E-state index contributed by atoms with van der Waals surface area (Å²) in [6, 6.07) is 0.346. The second kappa shape index (κ2) is 7.43. The largest absolute Gasteiger partial charge is 0.350 e. The molecule has 1 aromatic heterocycles. The molecular weight excluding hydrogens is 262 g/mol. The number of carbonyl (C=O) groups excluding carboxylic acids is 1. The van der Waals surface area contributed by atoms with Crippen molar-refractivity contribution < 1.29 is 4.79 Å². The summed E-state index contributed by atoms with van der Waals surface area (Å²) in [7, 11) is 1.92. The molecule has 0 aromatic carbocycles. The summed E-state index contributed by atoms with van der Waals surface area (Å²) in [6.07, 6.45) is 12.2. The van der Waals surface area contributed by atoms with Gasteiger partial charge >= 0.3 is 0 Å². The van der Waals surface area contributed by atoms with Gasteiger partial charge in [0, 0.05) is 30.4 Å². The maximum absolute atomic E-state index is 12.1. The van der Waals surface area contributed by atoms with E-state index in [-0.39, 0.29) is 5.91 Å². The number of aryl methyl sites for hydroxylation is 2. The van der Waals surface area contributed by atoms with Crippen molar-refractivity contribution in [3.63, 3.8) is 0 Å². The second-order valence-electron chi connectivity index (χ2n) is 6.09. The molecule has 0 bridgehead atoms. The maximum atomic E-state index is 12.1. The highest BCUT2D eigenvalue weighted by molar-refractivity contribution is 5.92. The quantitative estimate of drug-likeness (QED) is 0.868. The fourth-order valence-electron chi connectivity index (χ4n) is 3.04. The molecule has 0 atom stereocenters. The Morgan fingerprint density at radius 1 is 1.19 bits per heavy atom. The van der Waals surface area contributed by atoms with Gasteiger partial charge in [-0.25, -0.2) is 0 Å². The third-order valence-corrected chi connectivity index (χ3v) is 4.42. The Hall–Kier alpha value is -1.58. The van der Waals surface area contributed by atoms with Crippen LogP contribution in [0.3, 0.4) is 0 Å². The normalized spacial score (nSPS) is 17.7. The van der Waals surface area contributed by atoms with Crippen LogP contribution in [0.25, 0.3) is 6.08 Å². The van der Waals surface area contributed by atoms with Gasteiger partial charge in [0.15, 0.2) is 0 Å². The highest BCUT2D eigenvalue weighted by Crippen LogP contribution is 2.17. The minimum absolute atomic E-state index is 0.0169. The van der Waals surface area contributed by atoms with Gasteiger partial charge in [-0.15, -0.1) is 0 Å². The first kappa shape index (κ1) is 15.8. The first-order valence-corrected chi connectivity index (χ1v) is 8.06. The molecule has 1 amide bonds. The number of hydrogen-bond donors (Lipinski definition) is 1. The van der Waals surface area contributed by atoms with Gasteiger partial charge in [-0.2, -0.15) is 5.10 Å². The molecule has 21 heavy (non-hydrogen) atoms. The summed E-state index contributed by atoms with van der Waals surface area (Å²) >= 11 is 0. The van der Waals surface area contributed by atoms with Crippen molar-refractivity contribution in [3.8, 4) is 0 Å². The fourth-order valence-corrected chi connectivity index (χ4v) is 3.04. The van der Waals surface area contributed by atoms with E-state index < -0.39 is 0 Å². The van der Waals surface area contributed by atoms with E-state index in [1.165, 1.54) is 32.1 Å². The fraction of sp³-hybridized carbons (Fsp3) is 0.647. The van der Waals surface area contributed by atoms with Gasteiger partial charge in [0.2, 0.25) is 5.91 Å². The summed E-state index contributed by atoms with van der Waals surface area (Å²) in [6.45, 7) is 3.99. The number of nitrogens with zero attached hydrogens (tertiary/aromatic N) is 2. The van der Waals surface area contributed by atoms with E-state index in [9.17, 15) is 4.79 Å². The molecule has 1 heterocycles. The second-order valence-corrected chi connectivity index (χ2v) is 6.09. The van der Waals surface area contributed by atoms with Crippen LogP contribution in [0.5, 0.6) is 0 Å². The van der Waals surface area contributed by atoms with E-state index in [0.717, 1.165) is 29.8 Å². The van der Waals surface area contributed by atoms with Crippen LogP contribution in [0.1, 0.15) is 61.9 Å². The number of nitrogens with one attached hydrogen (secondary N) is 1. The van der Waals surface area contributed by atoms with Crippen LogP contribution in [0, 0.1) is 13.8 Å². The van der Waals surface area contributed by atoms with Crippen LogP contribution in [0.4, 0.5) is 0 Å². The molecule has 1 saturated carbocycles. The molecule has 116 valence electrons. The molecule has 1 fully saturated rings. The van der Waals surface area contributed by atoms with Gasteiger partial charge in [-0.05, 0) is 32.8 Å². The van der Waals surface area contributed by atoms with Crippen molar-refractivity contribution in [2.24, 2.45) is 7.05 Å². The van der Waals surface area contributed by atoms with Crippen molar-refractivity contribution in [2.75, 3.05) is 0 Å². The molecular formula is C17H27N3O. The lowest BCUT2D eigenvalue weighted by atomic mass is 9.97. The van der Waals surface area contributed by atoms with Crippen molar-refractivity contribution in [1.82, 2.24) is 15.1 Å². The average molecular weight is 289 g/mol. The highest BCUT2D eigenvalue weighted by Gasteiger charge is 2.13. The van der Waals surface area contributed by atoms with Crippen LogP contribution in [-0.4, -0.2) is 21.7 Å². The summed E-state index contributed by atoms with van der Waals surface area (Å²) < 4.78 is 1.85. The number of carbonyl (C=O) groups is 1. The Morgan fingerprint density at radius 3 is 2.38 bits per heavy atom. The number of rotatable bonds is 3. The Kier molecular flexibility index (Phi) is 5.59. The first-order valence-electron chi connectivity index (χ1n) is 8.06. The topological polar surface area (TPSA) is 46.9 Å². The Balaban J connectivity index is 1.92. The zero-order chi connectivity index (χ0) is 15.2. The van der Waals surface area contributed by atoms with E-state index in [1.54, 1.807) is 6.08 Å². The first-order chi connectivity index (χ1) is 10.1. The molecule has 1 aliphatic carbocycles. The molecule has 1 aliphatic rings. The van der Waals surface area contributed by atoms with Gasteiger partial charge in [-0.3, -0.25) is 9.48 Å². The van der Waals surface area contributed by atoms with Crippen LogP contribution >= 0.6 is 0 Å². The molecule has 0 unspecified atom stereocenters. The molecule has 0 saturated heterocycles. The highest BCUT2D eigenvalue weighted by atomic mass is 16.1. The predicted molar refractivity (Wildman–Crippen MR) is 86.0 cm³/mol. The van der Waals surface area contributed by atoms with Gasteiger partial charge in [-0.1, -0.05) is 32.1 Å².